The van der Waals surface area contributed by atoms with E-state index in [0.29, 0.717) is 0 Å². The fourth-order valence-corrected chi connectivity index (χ4v) is 1.76. The van der Waals surface area contributed by atoms with E-state index in [1.165, 1.54) is 22.6 Å². The molecule has 1 amide bonds. The maximum absolute atomic E-state index is 11.9. The molecule has 0 aliphatic rings. The fraction of sp³-hybridized carbons (Fsp3) is 0.417. The zero-order valence-electron chi connectivity index (χ0n) is 10.8. The van der Waals surface area contributed by atoms with Crippen molar-refractivity contribution in [2.24, 2.45) is 0 Å². The van der Waals surface area contributed by atoms with Gasteiger partial charge in [0, 0.05) is 30.3 Å². The van der Waals surface area contributed by atoms with E-state index < -0.39 is 0 Å². The summed E-state index contributed by atoms with van der Waals surface area (Å²) in [5.74, 6) is -0.622. The highest BCUT2D eigenvalue weighted by atomic mass is 79.9. The number of methoxy groups -OCH3 is 1. The van der Waals surface area contributed by atoms with Crippen LogP contribution in [0.15, 0.2) is 27.6 Å². The minimum Gasteiger partial charge on any atom is -0.469 e. The molecule has 0 atom stereocenters. The first kappa shape index (κ1) is 15.4. The van der Waals surface area contributed by atoms with Crippen LogP contribution in [-0.2, 0) is 20.9 Å². The molecule has 0 saturated heterocycles. The van der Waals surface area contributed by atoms with Crippen molar-refractivity contribution in [2.45, 2.75) is 13.0 Å². The number of hydrogen-bond acceptors (Lipinski definition) is 4. The van der Waals surface area contributed by atoms with Gasteiger partial charge in [0.1, 0.15) is 6.54 Å². The molecule has 0 spiro atoms. The number of pyridine rings is 1. The largest absolute Gasteiger partial charge is 0.469 e. The highest BCUT2D eigenvalue weighted by molar-refractivity contribution is 9.10. The molecule has 7 heteroatoms. The van der Waals surface area contributed by atoms with Gasteiger partial charge in [-0.25, -0.2) is 0 Å². The molecule has 19 heavy (non-hydrogen) atoms. The van der Waals surface area contributed by atoms with E-state index in [2.05, 4.69) is 20.7 Å². The smallest absolute Gasteiger partial charge is 0.307 e. The van der Waals surface area contributed by atoms with E-state index in [-0.39, 0.29) is 36.9 Å². The van der Waals surface area contributed by atoms with Crippen molar-refractivity contribution in [1.29, 1.82) is 0 Å². The molecule has 0 saturated carbocycles. The number of carbonyl (C=O) groups excluding carboxylic acids is 2. The topological polar surface area (TPSA) is 68.6 Å². The summed E-state index contributed by atoms with van der Waals surface area (Å²) in [5.41, 5.74) is -0.252. The molecule has 0 unspecified atom stereocenters. The minimum absolute atomic E-state index is 0.0596. The number of likely N-dealkylation sites (N-methyl/N-ethyl adjacent to an activating group) is 1. The number of esters is 1. The van der Waals surface area contributed by atoms with Crippen molar-refractivity contribution in [3.05, 3.63) is 33.2 Å². The second-order valence-corrected chi connectivity index (χ2v) is 4.87. The Balaban J connectivity index is 2.61. The lowest BCUT2D eigenvalue weighted by molar-refractivity contribution is -0.141. The minimum atomic E-state index is -0.376. The predicted octanol–water partition coefficient (Wildman–Crippen LogP) is 0.632. The maximum atomic E-state index is 11.9. The van der Waals surface area contributed by atoms with E-state index >= 15 is 0 Å². The van der Waals surface area contributed by atoms with Gasteiger partial charge in [-0.15, -0.1) is 0 Å². The number of hydrogen-bond donors (Lipinski definition) is 0. The Labute approximate surface area is 119 Å². The number of aromatic nitrogens is 1. The maximum Gasteiger partial charge on any atom is 0.307 e. The third-order valence-electron chi connectivity index (χ3n) is 2.56. The van der Waals surface area contributed by atoms with Crippen molar-refractivity contribution >= 4 is 27.8 Å². The molecule has 0 aliphatic carbocycles. The number of carbonyl (C=O) groups is 2. The summed E-state index contributed by atoms with van der Waals surface area (Å²) in [4.78, 5) is 35.8. The Morgan fingerprint density at radius 3 is 2.74 bits per heavy atom. The third-order valence-corrected chi connectivity index (χ3v) is 3.03. The fourth-order valence-electron chi connectivity index (χ4n) is 1.38. The Kier molecular flexibility index (Phi) is 5.75. The van der Waals surface area contributed by atoms with E-state index in [0.717, 1.165) is 4.47 Å². The molecule has 1 heterocycles. The molecular formula is C12H15BrN2O4. The second-order valence-electron chi connectivity index (χ2n) is 3.95. The van der Waals surface area contributed by atoms with Crippen molar-refractivity contribution in [3.8, 4) is 0 Å². The highest BCUT2D eigenvalue weighted by Crippen LogP contribution is 2.05. The lowest BCUT2D eigenvalue weighted by Crippen LogP contribution is -2.34. The van der Waals surface area contributed by atoms with Gasteiger partial charge in [0.2, 0.25) is 5.91 Å². The zero-order chi connectivity index (χ0) is 14.4. The normalized spacial score (nSPS) is 10.1. The molecular weight excluding hydrogens is 316 g/mol. The molecule has 104 valence electrons. The summed E-state index contributed by atoms with van der Waals surface area (Å²) in [5, 5.41) is 0. The Morgan fingerprint density at radius 2 is 2.11 bits per heavy atom. The quantitative estimate of drug-likeness (QED) is 0.743. The Bertz CT molecular complexity index is 527. The van der Waals surface area contributed by atoms with E-state index in [4.69, 9.17) is 0 Å². The standard InChI is InChI=1S/C12H15BrN2O4/c1-14(6-5-12(18)19-2)11(17)8-15-7-9(13)3-4-10(15)16/h3-4,7H,5-6,8H2,1-2H3. The molecule has 0 aromatic carbocycles. The molecule has 6 nitrogen and oxygen atoms in total. The molecule has 0 bridgehead atoms. The van der Waals surface area contributed by atoms with Gasteiger partial charge in [0.05, 0.1) is 13.5 Å². The molecule has 1 aromatic heterocycles. The first-order valence-corrected chi connectivity index (χ1v) is 6.40. The van der Waals surface area contributed by atoms with Crippen LogP contribution < -0.4 is 5.56 Å². The zero-order valence-corrected chi connectivity index (χ0v) is 12.3. The third kappa shape index (κ3) is 4.86. The van der Waals surface area contributed by atoms with Crippen molar-refractivity contribution in [1.82, 2.24) is 9.47 Å². The number of rotatable bonds is 5. The average molecular weight is 331 g/mol. The number of ether oxygens (including phenoxy) is 1. The molecule has 1 aromatic rings. The van der Waals surface area contributed by atoms with Gasteiger partial charge in [-0.2, -0.15) is 0 Å². The number of halogens is 1. The Hall–Kier alpha value is -1.63. The van der Waals surface area contributed by atoms with Crippen LogP contribution >= 0.6 is 15.9 Å². The van der Waals surface area contributed by atoms with Crippen LogP contribution in [0.1, 0.15) is 6.42 Å². The van der Waals surface area contributed by atoms with Crippen LogP contribution in [0.3, 0.4) is 0 Å². The highest BCUT2D eigenvalue weighted by Gasteiger charge is 2.12. The van der Waals surface area contributed by atoms with E-state index in [9.17, 15) is 14.4 Å². The molecule has 0 radical (unpaired) electrons. The SMILES string of the molecule is COC(=O)CCN(C)C(=O)Cn1cc(Br)ccc1=O. The summed E-state index contributed by atoms with van der Waals surface area (Å²) in [6.07, 6.45) is 1.68. The van der Waals surface area contributed by atoms with Gasteiger partial charge in [-0.3, -0.25) is 14.4 Å². The lowest BCUT2D eigenvalue weighted by Gasteiger charge is -2.17. The van der Waals surface area contributed by atoms with Crippen LogP contribution in [0.25, 0.3) is 0 Å². The van der Waals surface area contributed by atoms with Gasteiger partial charge in [0.25, 0.3) is 5.56 Å². The molecule has 1 rings (SSSR count). The summed E-state index contributed by atoms with van der Waals surface area (Å²) < 4.78 is 6.52. The summed E-state index contributed by atoms with van der Waals surface area (Å²) in [6.45, 7) is 0.199. The van der Waals surface area contributed by atoms with Crippen LogP contribution in [0.4, 0.5) is 0 Å². The molecule has 0 N–H and O–H groups in total. The van der Waals surface area contributed by atoms with Crippen molar-refractivity contribution in [2.75, 3.05) is 20.7 Å². The predicted molar refractivity (Wildman–Crippen MR) is 72.7 cm³/mol. The number of nitrogens with zero attached hydrogens (tertiary/aromatic N) is 2. The average Bonchev–Trinajstić information content (AvgIpc) is 2.39. The summed E-state index contributed by atoms with van der Waals surface area (Å²) >= 11 is 3.24. The first-order valence-electron chi connectivity index (χ1n) is 5.61. The van der Waals surface area contributed by atoms with Gasteiger partial charge in [-0.05, 0) is 22.0 Å². The van der Waals surface area contributed by atoms with Crippen LogP contribution in [-0.4, -0.2) is 42.0 Å². The summed E-state index contributed by atoms with van der Waals surface area (Å²) in [7, 11) is 2.87. The first-order chi connectivity index (χ1) is 8.93. The monoisotopic (exact) mass is 330 g/mol. The Morgan fingerprint density at radius 1 is 1.42 bits per heavy atom. The van der Waals surface area contributed by atoms with Crippen molar-refractivity contribution < 1.29 is 14.3 Å². The molecule has 0 aliphatic heterocycles. The second kappa shape index (κ2) is 7.08. The van der Waals surface area contributed by atoms with Crippen LogP contribution in [0.2, 0.25) is 0 Å². The number of amides is 1. The van der Waals surface area contributed by atoms with Gasteiger partial charge >= 0.3 is 5.97 Å². The van der Waals surface area contributed by atoms with Gasteiger partial charge < -0.3 is 14.2 Å². The van der Waals surface area contributed by atoms with Gasteiger partial charge in [0.15, 0.2) is 0 Å². The summed E-state index contributed by atoms with van der Waals surface area (Å²) in [6, 6.07) is 3.00. The van der Waals surface area contributed by atoms with Crippen LogP contribution in [0.5, 0.6) is 0 Å². The van der Waals surface area contributed by atoms with E-state index in [1.807, 2.05) is 0 Å². The van der Waals surface area contributed by atoms with E-state index in [1.54, 1.807) is 19.3 Å². The lowest BCUT2D eigenvalue weighted by atomic mass is 10.3. The van der Waals surface area contributed by atoms with Gasteiger partial charge in [-0.1, -0.05) is 0 Å². The van der Waals surface area contributed by atoms with Crippen LogP contribution in [0, 0.1) is 0 Å². The molecule has 0 fully saturated rings. The van der Waals surface area contributed by atoms with Crippen molar-refractivity contribution in [3.63, 3.8) is 0 Å².